The number of hydrogen-bond donors (Lipinski definition) is 5. The second-order valence-electron chi connectivity index (χ2n) is 9.11. The van der Waals surface area contributed by atoms with Crippen LogP contribution in [-0.2, 0) is 35.0 Å². The number of phenolic OH excluding ortho intramolecular Hbond substituents is 1. The number of ether oxygens (including phenoxy) is 4. The first kappa shape index (κ1) is 25.5. The molecule has 0 radical (unpaired) electrons. The van der Waals surface area contributed by atoms with Gasteiger partial charge in [-0.1, -0.05) is 19.1 Å². The van der Waals surface area contributed by atoms with Crippen LogP contribution in [0.25, 0.3) is 0 Å². The fourth-order valence-electron chi connectivity index (χ4n) is 4.80. The minimum absolute atomic E-state index is 0.0859. The summed E-state index contributed by atoms with van der Waals surface area (Å²) in [5.41, 5.74) is 1.08. The second-order valence-corrected chi connectivity index (χ2v) is 9.11. The molecule has 0 unspecified atom stereocenters. The van der Waals surface area contributed by atoms with Crippen LogP contribution in [-0.4, -0.2) is 87.5 Å². The van der Waals surface area contributed by atoms with Gasteiger partial charge in [-0.05, 0) is 17.7 Å². The second kappa shape index (κ2) is 10.6. The molecule has 1 aromatic carbocycles. The smallest absolute Gasteiger partial charge is 0.337 e. The molecule has 11 nitrogen and oxygen atoms in total. The molecular weight excluding hydrogens is 464 g/mol. The van der Waals surface area contributed by atoms with Crippen LogP contribution in [0.15, 0.2) is 36.1 Å². The number of hydrogen-bond acceptors (Lipinski definition) is 11. The number of aromatic hydroxyl groups is 1. The topological polar surface area (TPSA) is 172 Å². The van der Waals surface area contributed by atoms with E-state index >= 15 is 0 Å². The van der Waals surface area contributed by atoms with Crippen molar-refractivity contribution < 1.29 is 54.1 Å². The summed E-state index contributed by atoms with van der Waals surface area (Å²) < 4.78 is 22.2. The molecule has 0 aromatic heterocycles. The number of Topliss-reactive ketones (excluding diaryl/α,β-unsaturated/α-hetero) is 1. The Morgan fingerprint density at radius 3 is 2.49 bits per heavy atom. The maximum atomic E-state index is 12.8. The van der Waals surface area contributed by atoms with Crippen LogP contribution in [0, 0.1) is 17.8 Å². The fourth-order valence-corrected chi connectivity index (χ4v) is 4.80. The Morgan fingerprint density at radius 2 is 1.80 bits per heavy atom. The van der Waals surface area contributed by atoms with Gasteiger partial charge in [-0.3, -0.25) is 4.79 Å². The molecule has 0 amide bonds. The van der Waals surface area contributed by atoms with Gasteiger partial charge in [0.25, 0.3) is 0 Å². The third-order valence-electron chi connectivity index (χ3n) is 6.93. The van der Waals surface area contributed by atoms with E-state index in [2.05, 4.69) is 0 Å². The van der Waals surface area contributed by atoms with Gasteiger partial charge >= 0.3 is 5.97 Å². The molecule has 0 bridgehead atoms. The van der Waals surface area contributed by atoms with E-state index in [9.17, 15) is 35.1 Å². The Labute approximate surface area is 201 Å². The number of esters is 1. The first-order chi connectivity index (χ1) is 16.7. The lowest BCUT2D eigenvalue weighted by Crippen LogP contribution is -2.60. The third kappa shape index (κ3) is 5.20. The number of rotatable bonds is 7. The number of aliphatic hydroxyl groups is 4. The normalized spacial score (nSPS) is 36.8. The van der Waals surface area contributed by atoms with Gasteiger partial charge in [-0.2, -0.15) is 0 Å². The summed E-state index contributed by atoms with van der Waals surface area (Å²) in [5.74, 6) is -2.21. The SMILES string of the molecule is C[C@H]1C(=O)C[C@@H]2C(C(=O)OCCc3ccc(O)cc3)=CO[C@@H](O[C@@H]3O[C@H](CO)[C@@H](O)[C@H](O)[C@H]3O)[C@@H]21. The van der Waals surface area contributed by atoms with Crippen molar-refractivity contribution in [3.05, 3.63) is 41.7 Å². The number of ketones is 1. The van der Waals surface area contributed by atoms with E-state index in [4.69, 9.17) is 18.9 Å². The van der Waals surface area contributed by atoms with Crippen molar-refractivity contribution in [1.82, 2.24) is 0 Å². The maximum absolute atomic E-state index is 12.8. The summed E-state index contributed by atoms with van der Waals surface area (Å²) in [4.78, 5) is 25.3. The lowest BCUT2D eigenvalue weighted by molar-refractivity contribution is -0.342. The zero-order chi connectivity index (χ0) is 25.3. The zero-order valence-corrected chi connectivity index (χ0v) is 19.1. The molecule has 1 saturated heterocycles. The summed E-state index contributed by atoms with van der Waals surface area (Å²) in [5, 5.41) is 49.0. The van der Waals surface area contributed by atoms with Crippen molar-refractivity contribution in [3.63, 3.8) is 0 Å². The predicted octanol–water partition coefficient (Wildman–Crippen LogP) is -0.624. The van der Waals surface area contributed by atoms with Crippen molar-refractivity contribution in [2.24, 2.45) is 17.8 Å². The lowest BCUT2D eigenvalue weighted by Gasteiger charge is -2.42. The van der Waals surface area contributed by atoms with E-state index in [1.54, 1.807) is 31.2 Å². The molecule has 1 aromatic rings. The number of phenols is 1. The minimum atomic E-state index is -1.63. The first-order valence-electron chi connectivity index (χ1n) is 11.5. The zero-order valence-electron chi connectivity index (χ0n) is 19.1. The van der Waals surface area contributed by atoms with Crippen molar-refractivity contribution in [2.75, 3.05) is 13.2 Å². The average Bonchev–Trinajstić information content (AvgIpc) is 3.15. The van der Waals surface area contributed by atoms with Gasteiger partial charge in [0.15, 0.2) is 6.29 Å². The van der Waals surface area contributed by atoms with Crippen LogP contribution in [0.5, 0.6) is 5.75 Å². The van der Waals surface area contributed by atoms with Crippen LogP contribution >= 0.6 is 0 Å². The Morgan fingerprint density at radius 1 is 1.09 bits per heavy atom. The predicted molar refractivity (Wildman–Crippen MR) is 116 cm³/mol. The van der Waals surface area contributed by atoms with Crippen LogP contribution < -0.4 is 0 Å². The van der Waals surface area contributed by atoms with Crippen LogP contribution in [0.4, 0.5) is 0 Å². The monoisotopic (exact) mass is 494 g/mol. The van der Waals surface area contributed by atoms with Gasteiger partial charge in [0.05, 0.1) is 25.0 Å². The van der Waals surface area contributed by atoms with Crippen molar-refractivity contribution >= 4 is 11.8 Å². The number of carbonyl (C=O) groups excluding carboxylic acids is 2. The van der Waals surface area contributed by atoms with Crippen molar-refractivity contribution in [3.8, 4) is 5.75 Å². The Balaban J connectivity index is 1.43. The van der Waals surface area contributed by atoms with E-state index < -0.39 is 67.3 Å². The van der Waals surface area contributed by atoms with E-state index in [1.165, 1.54) is 6.26 Å². The Kier molecular flexibility index (Phi) is 7.74. The van der Waals surface area contributed by atoms with E-state index in [-0.39, 0.29) is 30.1 Å². The maximum Gasteiger partial charge on any atom is 0.337 e. The third-order valence-corrected chi connectivity index (χ3v) is 6.93. The highest BCUT2D eigenvalue weighted by molar-refractivity contribution is 5.93. The molecule has 0 spiro atoms. The molecule has 192 valence electrons. The lowest BCUT2D eigenvalue weighted by atomic mass is 9.83. The number of fused-ring (bicyclic) bond motifs is 1. The molecule has 1 saturated carbocycles. The molecule has 1 aliphatic carbocycles. The molecule has 9 atom stereocenters. The summed E-state index contributed by atoms with van der Waals surface area (Å²) in [6.45, 7) is 1.17. The van der Waals surface area contributed by atoms with Crippen LogP contribution in [0.1, 0.15) is 18.9 Å². The summed E-state index contributed by atoms with van der Waals surface area (Å²) in [6, 6.07) is 6.53. The number of carbonyl (C=O) groups is 2. The Bertz CT molecular complexity index is 943. The van der Waals surface area contributed by atoms with Crippen molar-refractivity contribution in [2.45, 2.75) is 56.8 Å². The molecule has 11 heteroatoms. The van der Waals surface area contributed by atoms with Gasteiger partial charge < -0.3 is 44.5 Å². The number of benzene rings is 1. The van der Waals surface area contributed by atoms with Gasteiger partial charge in [0.2, 0.25) is 6.29 Å². The molecule has 2 fully saturated rings. The van der Waals surface area contributed by atoms with E-state index in [1.807, 2.05) is 0 Å². The highest BCUT2D eigenvalue weighted by Gasteiger charge is 2.53. The molecule has 3 aliphatic rings. The summed E-state index contributed by atoms with van der Waals surface area (Å²) >= 11 is 0. The van der Waals surface area contributed by atoms with Crippen LogP contribution in [0.2, 0.25) is 0 Å². The van der Waals surface area contributed by atoms with Gasteiger partial charge in [-0.25, -0.2) is 4.79 Å². The Hall–Kier alpha value is -2.54. The average molecular weight is 494 g/mol. The largest absolute Gasteiger partial charge is 0.508 e. The molecule has 5 N–H and O–H groups in total. The van der Waals surface area contributed by atoms with Crippen molar-refractivity contribution in [1.29, 1.82) is 0 Å². The minimum Gasteiger partial charge on any atom is -0.508 e. The molecule has 35 heavy (non-hydrogen) atoms. The fraction of sp³-hybridized carbons (Fsp3) is 0.583. The van der Waals surface area contributed by atoms with E-state index in [0.717, 1.165) is 5.56 Å². The summed E-state index contributed by atoms with van der Waals surface area (Å²) in [6.07, 6.45) is -6.76. The standard InChI is InChI=1S/C24H30O11/c1-11-16(27)8-14-15(22(31)32-7-6-12-2-4-13(26)5-3-12)10-33-23(18(11)14)35-24-21(30)20(29)19(28)17(9-25)34-24/h2-5,10-11,14,17-21,23-26,28-30H,6-9H2,1H3/t11-,14+,17+,18+,19+,20-,21+,23-,24-/m0/s1. The van der Waals surface area contributed by atoms with Gasteiger partial charge in [-0.15, -0.1) is 0 Å². The van der Waals surface area contributed by atoms with Gasteiger partial charge in [0, 0.05) is 30.6 Å². The molecular formula is C24H30O11. The first-order valence-corrected chi connectivity index (χ1v) is 11.5. The highest BCUT2D eigenvalue weighted by Crippen LogP contribution is 2.46. The van der Waals surface area contributed by atoms with E-state index in [0.29, 0.717) is 6.42 Å². The van der Waals surface area contributed by atoms with Gasteiger partial charge in [0.1, 0.15) is 35.9 Å². The summed E-state index contributed by atoms with van der Waals surface area (Å²) in [7, 11) is 0. The number of aliphatic hydroxyl groups excluding tert-OH is 4. The van der Waals surface area contributed by atoms with Crippen LogP contribution in [0.3, 0.4) is 0 Å². The molecule has 4 rings (SSSR count). The molecule has 2 aliphatic heterocycles. The molecule has 2 heterocycles. The highest BCUT2D eigenvalue weighted by atomic mass is 16.8. The quantitative estimate of drug-likeness (QED) is 0.306.